The summed E-state index contributed by atoms with van der Waals surface area (Å²) >= 11 is 0. The Morgan fingerprint density at radius 3 is 2.17 bits per heavy atom. The molecule has 3 rings (SSSR count). The summed E-state index contributed by atoms with van der Waals surface area (Å²) in [5.74, 6) is 0.829. The van der Waals surface area contributed by atoms with E-state index in [2.05, 4.69) is 0 Å². The van der Waals surface area contributed by atoms with Gasteiger partial charge in [-0.3, -0.25) is 4.79 Å². The fourth-order valence-corrected chi connectivity index (χ4v) is 2.99. The SMILES string of the molecule is COc1ccc(CN(C(=O)COC(=O)c2ccc(OC)cc2OC)C2CC2)cc1. The van der Waals surface area contributed by atoms with E-state index in [0.717, 1.165) is 24.2 Å². The molecular formula is C22H25NO6. The van der Waals surface area contributed by atoms with Crippen molar-refractivity contribution in [2.75, 3.05) is 27.9 Å². The van der Waals surface area contributed by atoms with Crippen LogP contribution in [0.2, 0.25) is 0 Å². The summed E-state index contributed by atoms with van der Waals surface area (Å²) < 4.78 is 20.8. The van der Waals surface area contributed by atoms with E-state index < -0.39 is 5.97 Å². The van der Waals surface area contributed by atoms with Crippen LogP contribution in [0.3, 0.4) is 0 Å². The maximum absolute atomic E-state index is 12.7. The number of methoxy groups -OCH3 is 3. The maximum atomic E-state index is 12.7. The molecule has 0 unspecified atom stereocenters. The third-order valence-corrected chi connectivity index (χ3v) is 4.78. The van der Waals surface area contributed by atoms with Gasteiger partial charge in [0, 0.05) is 18.7 Å². The Kier molecular flexibility index (Phi) is 6.59. The van der Waals surface area contributed by atoms with Crippen LogP contribution in [0.25, 0.3) is 0 Å². The molecule has 1 aliphatic rings. The molecule has 154 valence electrons. The number of amides is 1. The number of carbonyl (C=O) groups excluding carboxylic acids is 2. The molecule has 0 aromatic heterocycles. The molecule has 7 nitrogen and oxygen atoms in total. The Labute approximate surface area is 170 Å². The van der Waals surface area contributed by atoms with Crippen LogP contribution in [-0.4, -0.2) is 50.8 Å². The van der Waals surface area contributed by atoms with E-state index in [9.17, 15) is 9.59 Å². The number of hydrogen-bond acceptors (Lipinski definition) is 6. The monoisotopic (exact) mass is 399 g/mol. The van der Waals surface area contributed by atoms with E-state index in [1.54, 1.807) is 30.2 Å². The van der Waals surface area contributed by atoms with Crippen LogP contribution >= 0.6 is 0 Å². The van der Waals surface area contributed by atoms with E-state index in [1.165, 1.54) is 14.2 Å². The number of hydrogen-bond donors (Lipinski definition) is 0. The minimum Gasteiger partial charge on any atom is -0.497 e. The molecule has 2 aromatic rings. The third-order valence-electron chi connectivity index (χ3n) is 4.78. The number of rotatable bonds is 9. The van der Waals surface area contributed by atoms with Crippen LogP contribution in [0.1, 0.15) is 28.8 Å². The van der Waals surface area contributed by atoms with Crippen molar-refractivity contribution in [3.8, 4) is 17.2 Å². The average Bonchev–Trinajstić information content (AvgIpc) is 3.60. The Morgan fingerprint density at radius 2 is 1.59 bits per heavy atom. The van der Waals surface area contributed by atoms with Gasteiger partial charge >= 0.3 is 5.97 Å². The lowest BCUT2D eigenvalue weighted by molar-refractivity contribution is -0.135. The third kappa shape index (κ3) is 5.19. The molecule has 0 heterocycles. The van der Waals surface area contributed by atoms with Crippen LogP contribution in [0, 0.1) is 0 Å². The first-order valence-corrected chi connectivity index (χ1v) is 9.37. The Bertz CT molecular complexity index is 860. The summed E-state index contributed by atoms with van der Waals surface area (Å²) in [6, 6.07) is 12.6. The molecule has 1 saturated carbocycles. The largest absolute Gasteiger partial charge is 0.497 e. The molecule has 0 atom stereocenters. The van der Waals surface area contributed by atoms with Gasteiger partial charge in [-0.1, -0.05) is 12.1 Å². The molecule has 0 bridgehead atoms. The molecule has 7 heteroatoms. The minimum atomic E-state index is -0.613. The van der Waals surface area contributed by atoms with Crippen molar-refractivity contribution in [2.45, 2.75) is 25.4 Å². The molecule has 0 radical (unpaired) electrons. The first-order valence-electron chi connectivity index (χ1n) is 9.37. The molecular weight excluding hydrogens is 374 g/mol. The number of esters is 1. The van der Waals surface area contributed by atoms with Gasteiger partial charge in [-0.2, -0.15) is 0 Å². The highest BCUT2D eigenvalue weighted by atomic mass is 16.5. The van der Waals surface area contributed by atoms with Crippen LogP contribution in [0.15, 0.2) is 42.5 Å². The molecule has 0 N–H and O–H groups in total. The normalized spacial score (nSPS) is 12.8. The van der Waals surface area contributed by atoms with E-state index in [4.69, 9.17) is 18.9 Å². The van der Waals surface area contributed by atoms with Gasteiger partial charge in [0.05, 0.1) is 21.3 Å². The van der Waals surface area contributed by atoms with Crippen molar-refractivity contribution in [1.82, 2.24) is 4.90 Å². The highest BCUT2D eigenvalue weighted by molar-refractivity contribution is 5.94. The van der Waals surface area contributed by atoms with Crippen LogP contribution in [-0.2, 0) is 16.1 Å². The topological polar surface area (TPSA) is 74.3 Å². The second-order valence-corrected chi connectivity index (χ2v) is 6.74. The molecule has 1 amide bonds. The number of benzene rings is 2. The Hall–Kier alpha value is -3.22. The quantitative estimate of drug-likeness (QED) is 0.604. The summed E-state index contributed by atoms with van der Waals surface area (Å²) in [6.45, 7) is 0.150. The Morgan fingerprint density at radius 1 is 0.931 bits per heavy atom. The number of carbonyl (C=O) groups is 2. The summed E-state index contributed by atoms with van der Waals surface area (Å²) in [5.41, 5.74) is 1.24. The highest BCUT2D eigenvalue weighted by Crippen LogP contribution is 2.29. The van der Waals surface area contributed by atoms with Crippen molar-refractivity contribution >= 4 is 11.9 Å². The van der Waals surface area contributed by atoms with Crippen molar-refractivity contribution < 1.29 is 28.5 Å². The second kappa shape index (κ2) is 9.32. The predicted octanol–water partition coefficient (Wildman–Crippen LogP) is 3.06. The van der Waals surface area contributed by atoms with Crippen LogP contribution in [0.5, 0.6) is 17.2 Å². The van der Waals surface area contributed by atoms with Crippen LogP contribution in [0.4, 0.5) is 0 Å². The lowest BCUT2D eigenvalue weighted by Crippen LogP contribution is -2.36. The van der Waals surface area contributed by atoms with Gasteiger partial charge in [-0.25, -0.2) is 4.79 Å². The van der Waals surface area contributed by atoms with Crippen molar-refractivity contribution in [2.24, 2.45) is 0 Å². The first-order chi connectivity index (χ1) is 14.0. The van der Waals surface area contributed by atoms with E-state index >= 15 is 0 Å². The second-order valence-electron chi connectivity index (χ2n) is 6.74. The van der Waals surface area contributed by atoms with Gasteiger partial charge in [0.2, 0.25) is 0 Å². The van der Waals surface area contributed by atoms with Crippen LogP contribution < -0.4 is 14.2 Å². The van der Waals surface area contributed by atoms with Gasteiger partial charge in [0.15, 0.2) is 6.61 Å². The summed E-state index contributed by atoms with van der Waals surface area (Å²) in [7, 11) is 4.60. The molecule has 1 aliphatic carbocycles. The van der Waals surface area contributed by atoms with Gasteiger partial charge < -0.3 is 23.8 Å². The van der Waals surface area contributed by atoms with E-state index in [0.29, 0.717) is 18.0 Å². The van der Waals surface area contributed by atoms with Gasteiger partial charge in [-0.05, 0) is 42.7 Å². The zero-order chi connectivity index (χ0) is 20.8. The van der Waals surface area contributed by atoms with Crippen molar-refractivity contribution in [1.29, 1.82) is 0 Å². The predicted molar refractivity (Wildman–Crippen MR) is 106 cm³/mol. The molecule has 0 spiro atoms. The molecule has 29 heavy (non-hydrogen) atoms. The van der Waals surface area contributed by atoms with Crippen molar-refractivity contribution in [3.63, 3.8) is 0 Å². The van der Waals surface area contributed by atoms with E-state index in [-0.39, 0.29) is 24.1 Å². The summed E-state index contributed by atoms with van der Waals surface area (Å²) in [6.07, 6.45) is 1.92. The van der Waals surface area contributed by atoms with Gasteiger partial charge in [0.1, 0.15) is 22.8 Å². The maximum Gasteiger partial charge on any atom is 0.342 e. The molecule has 2 aromatic carbocycles. The fourth-order valence-electron chi connectivity index (χ4n) is 2.99. The zero-order valence-electron chi connectivity index (χ0n) is 16.8. The first kappa shape index (κ1) is 20.5. The molecule has 0 saturated heterocycles. The lowest BCUT2D eigenvalue weighted by atomic mass is 10.2. The highest BCUT2D eigenvalue weighted by Gasteiger charge is 2.33. The van der Waals surface area contributed by atoms with Gasteiger partial charge in [-0.15, -0.1) is 0 Å². The molecule has 1 fully saturated rings. The van der Waals surface area contributed by atoms with Gasteiger partial charge in [0.25, 0.3) is 5.91 Å². The lowest BCUT2D eigenvalue weighted by Gasteiger charge is -2.22. The van der Waals surface area contributed by atoms with Crippen molar-refractivity contribution in [3.05, 3.63) is 53.6 Å². The number of nitrogens with zero attached hydrogens (tertiary/aromatic N) is 1. The summed E-state index contributed by atoms with van der Waals surface area (Å²) in [4.78, 5) is 26.9. The summed E-state index contributed by atoms with van der Waals surface area (Å²) in [5, 5.41) is 0. The standard InChI is InChI=1S/C22H25NO6/c1-26-17-8-4-15(5-9-17)13-23(16-6-7-16)21(24)14-29-22(25)19-11-10-18(27-2)12-20(19)28-3/h4-5,8-12,16H,6-7,13-14H2,1-3H3. The average molecular weight is 399 g/mol. The smallest absolute Gasteiger partial charge is 0.342 e. The molecule has 0 aliphatic heterocycles. The zero-order valence-corrected chi connectivity index (χ0v) is 16.8. The minimum absolute atomic E-state index is 0.193. The fraction of sp³-hybridized carbons (Fsp3) is 0.364. The Balaban J connectivity index is 1.62. The number of ether oxygens (including phenoxy) is 4. The van der Waals surface area contributed by atoms with E-state index in [1.807, 2.05) is 24.3 Å².